The third-order valence-electron chi connectivity index (χ3n) is 5.65. The molecule has 0 saturated heterocycles. The monoisotopic (exact) mass is 513 g/mol. The lowest BCUT2D eigenvalue weighted by Gasteiger charge is -2.18. The van der Waals surface area contributed by atoms with E-state index in [0.717, 1.165) is 16.0 Å². The number of aryl methyl sites for hydroxylation is 2. The van der Waals surface area contributed by atoms with Gasteiger partial charge in [0.15, 0.2) is 0 Å². The first kappa shape index (κ1) is 24.6. The van der Waals surface area contributed by atoms with Gasteiger partial charge in [-0.25, -0.2) is 9.78 Å². The smallest absolute Gasteiger partial charge is 0.343 e. The predicted octanol–water partition coefficient (Wildman–Crippen LogP) is 4.59. The van der Waals surface area contributed by atoms with E-state index in [0.29, 0.717) is 21.7 Å². The average molecular weight is 514 g/mol. The van der Waals surface area contributed by atoms with Gasteiger partial charge in [0.05, 0.1) is 24.5 Å². The minimum absolute atomic E-state index is 0.136. The Morgan fingerprint density at radius 1 is 1.23 bits per heavy atom. The zero-order valence-electron chi connectivity index (χ0n) is 19.7. The van der Waals surface area contributed by atoms with Crippen molar-refractivity contribution in [2.75, 3.05) is 11.9 Å². The number of esters is 1. The molecule has 0 saturated carbocycles. The number of benzene rings is 1. The Hall–Kier alpha value is -3.50. The van der Waals surface area contributed by atoms with Crippen LogP contribution in [0.25, 0.3) is 21.3 Å². The van der Waals surface area contributed by atoms with E-state index in [1.54, 1.807) is 33.0 Å². The van der Waals surface area contributed by atoms with Crippen LogP contribution in [0.3, 0.4) is 0 Å². The van der Waals surface area contributed by atoms with Crippen LogP contribution in [-0.2, 0) is 16.6 Å². The molecule has 0 bridgehead atoms. The van der Waals surface area contributed by atoms with Gasteiger partial charge < -0.3 is 10.1 Å². The van der Waals surface area contributed by atoms with Crippen LogP contribution in [-0.4, -0.2) is 37.8 Å². The fourth-order valence-electron chi connectivity index (χ4n) is 3.95. The van der Waals surface area contributed by atoms with E-state index in [-0.39, 0.29) is 23.5 Å². The van der Waals surface area contributed by atoms with Gasteiger partial charge >= 0.3 is 5.97 Å². The van der Waals surface area contributed by atoms with Gasteiger partial charge in [-0.15, -0.1) is 11.3 Å². The number of aromatic nitrogens is 4. The first-order valence-corrected chi connectivity index (χ1v) is 12.2. The first-order chi connectivity index (χ1) is 16.8. The summed E-state index contributed by atoms with van der Waals surface area (Å²) in [5.41, 5.74) is 1.44. The van der Waals surface area contributed by atoms with Crippen LogP contribution in [0.15, 0.2) is 41.6 Å². The number of halogens is 1. The van der Waals surface area contributed by atoms with Gasteiger partial charge in [-0.3, -0.25) is 18.8 Å². The molecule has 0 spiro atoms. The molecule has 0 aliphatic rings. The number of rotatable bonds is 7. The normalized spacial score (nSPS) is 12.0. The minimum atomic E-state index is -0.859. The van der Waals surface area contributed by atoms with E-state index in [4.69, 9.17) is 16.3 Å². The second-order valence-electron chi connectivity index (χ2n) is 7.84. The van der Waals surface area contributed by atoms with E-state index >= 15 is 0 Å². The number of fused-ring (bicyclic) bond motifs is 1. The molecule has 35 heavy (non-hydrogen) atoms. The SMILES string of the molecule is CCOC(=O)c1cnn(C)c1NC(=O)C(CC)n1cnc2sc(C)c(-c3ccc(Cl)cc3)c2c1=O. The Labute approximate surface area is 210 Å². The molecule has 0 aliphatic heterocycles. The molecule has 1 amide bonds. The highest BCUT2D eigenvalue weighted by Gasteiger charge is 2.26. The number of anilines is 1. The van der Waals surface area contributed by atoms with Gasteiger partial charge in [-0.2, -0.15) is 5.10 Å². The van der Waals surface area contributed by atoms with Crippen LogP contribution < -0.4 is 10.9 Å². The molecule has 11 heteroatoms. The summed E-state index contributed by atoms with van der Waals surface area (Å²) in [7, 11) is 1.60. The highest BCUT2D eigenvalue weighted by Crippen LogP contribution is 2.36. The number of thiophene rings is 1. The summed E-state index contributed by atoms with van der Waals surface area (Å²) >= 11 is 7.47. The number of hydrogen-bond donors (Lipinski definition) is 1. The average Bonchev–Trinajstić information content (AvgIpc) is 3.36. The fourth-order valence-corrected chi connectivity index (χ4v) is 5.08. The first-order valence-electron chi connectivity index (χ1n) is 11.0. The van der Waals surface area contributed by atoms with Gasteiger partial charge in [0.25, 0.3) is 5.56 Å². The maximum absolute atomic E-state index is 13.7. The van der Waals surface area contributed by atoms with Crippen molar-refractivity contribution < 1.29 is 14.3 Å². The number of nitrogens with zero attached hydrogens (tertiary/aromatic N) is 4. The number of carbonyl (C=O) groups excluding carboxylic acids is 2. The van der Waals surface area contributed by atoms with Crippen LogP contribution >= 0.6 is 22.9 Å². The van der Waals surface area contributed by atoms with Crippen LogP contribution in [0.2, 0.25) is 5.02 Å². The van der Waals surface area contributed by atoms with Crippen molar-refractivity contribution in [2.24, 2.45) is 7.05 Å². The van der Waals surface area contributed by atoms with E-state index in [9.17, 15) is 14.4 Å². The molecule has 0 aliphatic carbocycles. The lowest BCUT2D eigenvalue weighted by Crippen LogP contribution is -2.34. The summed E-state index contributed by atoms with van der Waals surface area (Å²) in [5.74, 6) is -0.863. The molecule has 1 unspecified atom stereocenters. The standard InChI is InChI=1S/C24H24ClN5O4S/c1-5-17(21(31)28-20-16(11-27-29(20)4)24(33)34-6-2)30-12-26-22-19(23(30)32)18(13(3)35-22)14-7-9-15(25)10-8-14/h7-12,17H,5-6H2,1-4H3,(H,28,31). The Morgan fingerprint density at radius 3 is 2.60 bits per heavy atom. The maximum atomic E-state index is 13.7. The van der Waals surface area contributed by atoms with Crippen LogP contribution in [0.5, 0.6) is 0 Å². The molecule has 3 heterocycles. The molecule has 1 aromatic carbocycles. The van der Waals surface area contributed by atoms with Crippen LogP contribution in [0.4, 0.5) is 5.82 Å². The zero-order valence-corrected chi connectivity index (χ0v) is 21.2. The topological polar surface area (TPSA) is 108 Å². The van der Waals surface area contributed by atoms with Gasteiger partial charge in [-0.1, -0.05) is 30.7 Å². The highest BCUT2D eigenvalue weighted by atomic mass is 35.5. The summed E-state index contributed by atoms with van der Waals surface area (Å²) in [4.78, 5) is 45.3. The second-order valence-corrected chi connectivity index (χ2v) is 9.48. The summed E-state index contributed by atoms with van der Waals surface area (Å²) in [6.45, 7) is 5.62. The van der Waals surface area contributed by atoms with E-state index in [1.807, 2.05) is 19.1 Å². The molecule has 182 valence electrons. The Kier molecular flexibility index (Phi) is 7.04. The van der Waals surface area contributed by atoms with Gasteiger partial charge in [0, 0.05) is 22.5 Å². The molecule has 1 N–H and O–H groups in total. The van der Waals surface area contributed by atoms with Gasteiger partial charge in [0.1, 0.15) is 22.3 Å². The van der Waals surface area contributed by atoms with E-state index < -0.39 is 17.9 Å². The van der Waals surface area contributed by atoms with Crippen molar-refractivity contribution in [3.05, 3.63) is 62.6 Å². The number of carbonyl (C=O) groups is 2. The summed E-state index contributed by atoms with van der Waals surface area (Å²) in [6.07, 6.45) is 3.06. The Balaban J connectivity index is 1.75. The zero-order chi connectivity index (χ0) is 25.3. The number of nitrogens with one attached hydrogen (secondary N) is 1. The predicted molar refractivity (Wildman–Crippen MR) is 136 cm³/mol. The lowest BCUT2D eigenvalue weighted by molar-refractivity contribution is -0.119. The minimum Gasteiger partial charge on any atom is -0.462 e. The van der Waals surface area contributed by atoms with Crippen molar-refractivity contribution in [3.8, 4) is 11.1 Å². The molecule has 9 nitrogen and oxygen atoms in total. The van der Waals surface area contributed by atoms with Gasteiger partial charge in [0.2, 0.25) is 5.91 Å². The van der Waals surface area contributed by atoms with E-state index in [1.165, 1.54) is 33.1 Å². The van der Waals surface area contributed by atoms with E-state index in [2.05, 4.69) is 15.4 Å². The third kappa shape index (κ3) is 4.59. The molecule has 0 radical (unpaired) electrons. The van der Waals surface area contributed by atoms with Crippen LogP contribution in [0.1, 0.15) is 41.5 Å². The molecular formula is C24H24ClN5O4S. The second kappa shape index (κ2) is 10.0. The van der Waals surface area contributed by atoms with Gasteiger partial charge in [-0.05, 0) is 38.0 Å². The summed E-state index contributed by atoms with van der Waals surface area (Å²) in [6, 6.07) is 6.40. The van der Waals surface area contributed by atoms with Crippen molar-refractivity contribution in [2.45, 2.75) is 33.2 Å². The Morgan fingerprint density at radius 2 is 1.94 bits per heavy atom. The maximum Gasteiger partial charge on any atom is 0.343 e. The number of hydrogen-bond acceptors (Lipinski definition) is 7. The molecule has 4 aromatic rings. The van der Waals surface area contributed by atoms with Crippen molar-refractivity contribution >= 4 is 50.8 Å². The quantitative estimate of drug-likeness (QED) is 0.362. The van der Waals surface area contributed by atoms with Crippen LogP contribution in [0, 0.1) is 6.92 Å². The molecule has 0 fully saturated rings. The Bertz CT molecular complexity index is 1470. The summed E-state index contributed by atoms with van der Waals surface area (Å²) in [5, 5.41) is 7.85. The number of amides is 1. The van der Waals surface area contributed by atoms with Crippen molar-refractivity contribution in [1.29, 1.82) is 0 Å². The third-order valence-corrected chi connectivity index (χ3v) is 6.91. The molecule has 3 aromatic heterocycles. The van der Waals surface area contributed by atoms with Crippen molar-refractivity contribution in [3.63, 3.8) is 0 Å². The van der Waals surface area contributed by atoms with Crippen molar-refractivity contribution in [1.82, 2.24) is 19.3 Å². The number of ether oxygens (including phenoxy) is 1. The fraction of sp³-hybridized carbons (Fsp3) is 0.292. The molecule has 4 rings (SSSR count). The largest absolute Gasteiger partial charge is 0.462 e. The lowest BCUT2D eigenvalue weighted by atomic mass is 10.0. The molecular weight excluding hydrogens is 490 g/mol. The highest BCUT2D eigenvalue weighted by molar-refractivity contribution is 7.19. The summed E-state index contributed by atoms with van der Waals surface area (Å²) < 4.78 is 7.77. The molecule has 1 atom stereocenters.